The average molecular weight is 266 g/mol. The lowest BCUT2D eigenvalue weighted by molar-refractivity contribution is -0.139. The van der Waals surface area contributed by atoms with Gasteiger partial charge in [-0.1, -0.05) is 30.3 Å². The van der Waals surface area contributed by atoms with Gasteiger partial charge in [0, 0.05) is 20.2 Å². The van der Waals surface area contributed by atoms with Crippen LogP contribution in [0.1, 0.15) is 18.0 Å². The molecule has 0 radical (unpaired) electrons. The van der Waals surface area contributed by atoms with Crippen molar-refractivity contribution >= 4 is 12.0 Å². The monoisotopic (exact) mass is 266 g/mol. The molecule has 0 aliphatic heterocycles. The molecule has 0 bridgehead atoms. The molecule has 0 saturated heterocycles. The molecule has 0 fully saturated rings. The Bertz CT molecular complexity index is 422. The lowest BCUT2D eigenvalue weighted by Gasteiger charge is -2.21. The number of amides is 2. The summed E-state index contributed by atoms with van der Waals surface area (Å²) in [4.78, 5) is 24.3. The van der Waals surface area contributed by atoms with Gasteiger partial charge in [0.1, 0.15) is 0 Å². The molecule has 0 heterocycles. The van der Waals surface area contributed by atoms with Crippen molar-refractivity contribution in [3.8, 4) is 0 Å². The minimum atomic E-state index is -1.12. The molecule has 6 nitrogen and oxygen atoms in total. The molecule has 6 heteroatoms. The van der Waals surface area contributed by atoms with Crippen molar-refractivity contribution in [1.29, 1.82) is 0 Å². The summed E-state index contributed by atoms with van der Waals surface area (Å²) in [6.07, 6.45) is 0.451. The third-order valence-electron chi connectivity index (χ3n) is 2.65. The second-order valence-corrected chi connectivity index (χ2v) is 4.13. The number of urea groups is 1. The lowest BCUT2D eigenvalue weighted by Crippen LogP contribution is -2.42. The van der Waals surface area contributed by atoms with Crippen molar-refractivity contribution in [2.24, 2.45) is 0 Å². The molecule has 104 valence electrons. The predicted octanol–water partition coefficient (Wildman–Crippen LogP) is 0.836. The highest BCUT2D eigenvalue weighted by Gasteiger charge is 2.23. The highest BCUT2D eigenvalue weighted by atomic mass is 16.4. The molecular weight excluding hydrogens is 248 g/mol. The number of rotatable bonds is 6. The van der Waals surface area contributed by atoms with Gasteiger partial charge in [0.25, 0.3) is 0 Å². The topological polar surface area (TPSA) is 89.9 Å². The summed E-state index contributed by atoms with van der Waals surface area (Å²) in [6, 6.07) is 6.94. The van der Waals surface area contributed by atoms with E-state index in [0.29, 0.717) is 18.5 Å². The van der Waals surface area contributed by atoms with Gasteiger partial charge in [-0.05, 0) is 12.0 Å². The SMILES string of the molecule is CN(CCCO)C(=O)N[C@H](C(=O)O)c1ccccc1. The second kappa shape index (κ2) is 7.38. The number of aliphatic carboxylic acids is 1. The van der Waals surface area contributed by atoms with Crippen molar-refractivity contribution in [3.05, 3.63) is 35.9 Å². The van der Waals surface area contributed by atoms with E-state index in [4.69, 9.17) is 10.2 Å². The summed E-state index contributed by atoms with van der Waals surface area (Å²) in [6.45, 7) is 0.349. The maximum atomic E-state index is 11.8. The van der Waals surface area contributed by atoms with Crippen molar-refractivity contribution < 1.29 is 19.8 Å². The first kappa shape index (κ1) is 15.0. The van der Waals surface area contributed by atoms with Crippen molar-refractivity contribution in [2.75, 3.05) is 20.2 Å². The summed E-state index contributed by atoms with van der Waals surface area (Å²) in [5, 5.41) is 20.3. The van der Waals surface area contributed by atoms with E-state index >= 15 is 0 Å². The van der Waals surface area contributed by atoms with E-state index in [1.165, 1.54) is 4.90 Å². The molecule has 0 saturated carbocycles. The summed E-state index contributed by atoms with van der Waals surface area (Å²) < 4.78 is 0. The van der Waals surface area contributed by atoms with Crippen molar-refractivity contribution in [2.45, 2.75) is 12.5 Å². The van der Waals surface area contributed by atoms with Crippen LogP contribution in [0.5, 0.6) is 0 Å². The van der Waals surface area contributed by atoms with Gasteiger partial charge in [0.05, 0.1) is 0 Å². The smallest absolute Gasteiger partial charge is 0.330 e. The molecule has 2 amide bonds. The van der Waals surface area contributed by atoms with Crippen LogP contribution in [0.15, 0.2) is 30.3 Å². The van der Waals surface area contributed by atoms with E-state index < -0.39 is 18.0 Å². The zero-order valence-corrected chi connectivity index (χ0v) is 10.7. The minimum absolute atomic E-state index is 0.0152. The van der Waals surface area contributed by atoms with Crippen LogP contribution in [0, 0.1) is 0 Å². The van der Waals surface area contributed by atoms with Crippen LogP contribution in [0.4, 0.5) is 4.79 Å². The molecule has 0 aliphatic rings. The van der Waals surface area contributed by atoms with Crippen LogP contribution in [-0.2, 0) is 4.79 Å². The fourth-order valence-electron chi connectivity index (χ4n) is 1.58. The normalized spacial score (nSPS) is 11.7. The highest BCUT2D eigenvalue weighted by molar-refractivity contribution is 5.83. The van der Waals surface area contributed by atoms with Crippen LogP contribution >= 0.6 is 0 Å². The molecular formula is C13H18N2O4. The van der Waals surface area contributed by atoms with Gasteiger partial charge in [-0.15, -0.1) is 0 Å². The third kappa shape index (κ3) is 4.59. The zero-order valence-electron chi connectivity index (χ0n) is 10.7. The number of carbonyl (C=O) groups excluding carboxylic acids is 1. The number of carboxylic acids is 1. The first-order valence-corrected chi connectivity index (χ1v) is 5.96. The van der Waals surface area contributed by atoms with E-state index in [-0.39, 0.29) is 6.61 Å². The Hall–Kier alpha value is -2.08. The molecule has 1 rings (SSSR count). The van der Waals surface area contributed by atoms with Gasteiger partial charge >= 0.3 is 12.0 Å². The predicted molar refractivity (Wildman–Crippen MR) is 69.7 cm³/mol. The maximum absolute atomic E-state index is 11.8. The molecule has 1 aromatic rings. The molecule has 0 spiro atoms. The van der Waals surface area contributed by atoms with Gasteiger partial charge in [0.15, 0.2) is 6.04 Å². The Kier molecular flexibility index (Phi) is 5.81. The Labute approximate surface area is 111 Å². The number of aliphatic hydroxyl groups is 1. The van der Waals surface area contributed by atoms with Gasteiger partial charge in [0.2, 0.25) is 0 Å². The average Bonchev–Trinajstić information content (AvgIpc) is 2.42. The highest BCUT2D eigenvalue weighted by Crippen LogP contribution is 2.13. The number of aliphatic hydroxyl groups excluding tert-OH is 1. The van der Waals surface area contributed by atoms with Crippen LogP contribution < -0.4 is 5.32 Å². The van der Waals surface area contributed by atoms with Crippen LogP contribution in [0.2, 0.25) is 0 Å². The zero-order chi connectivity index (χ0) is 14.3. The first-order chi connectivity index (χ1) is 9.06. The first-order valence-electron chi connectivity index (χ1n) is 5.96. The van der Waals surface area contributed by atoms with Gasteiger partial charge in [-0.25, -0.2) is 9.59 Å². The maximum Gasteiger partial charge on any atom is 0.330 e. The molecule has 0 unspecified atom stereocenters. The molecule has 1 aromatic carbocycles. The summed E-state index contributed by atoms with van der Waals surface area (Å²) in [7, 11) is 1.55. The molecule has 0 aliphatic carbocycles. The number of nitrogens with zero attached hydrogens (tertiary/aromatic N) is 1. The summed E-state index contributed by atoms with van der Waals surface area (Å²) >= 11 is 0. The number of nitrogens with one attached hydrogen (secondary N) is 1. The van der Waals surface area contributed by atoms with Gasteiger partial charge < -0.3 is 20.4 Å². The van der Waals surface area contributed by atoms with E-state index in [1.807, 2.05) is 0 Å². The van der Waals surface area contributed by atoms with Crippen LogP contribution in [-0.4, -0.2) is 47.3 Å². The van der Waals surface area contributed by atoms with Crippen molar-refractivity contribution in [3.63, 3.8) is 0 Å². The van der Waals surface area contributed by atoms with E-state index in [1.54, 1.807) is 37.4 Å². The quantitative estimate of drug-likeness (QED) is 0.711. The number of carbonyl (C=O) groups is 2. The fraction of sp³-hybridized carbons (Fsp3) is 0.385. The fourth-order valence-corrected chi connectivity index (χ4v) is 1.58. The number of hydrogen-bond donors (Lipinski definition) is 3. The van der Waals surface area contributed by atoms with Crippen LogP contribution in [0.3, 0.4) is 0 Å². The van der Waals surface area contributed by atoms with Gasteiger partial charge in [-0.2, -0.15) is 0 Å². The summed E-state index contributed by atoms with van der Waals surface area (Å²) in [5.41, 5.74) is 0.513. The largest absolute Gasteiger partial charge is 0.479 e. The lowest BCUT2D eigenvalue weighted by atomic mass is 10.1. The summed E-state index contributed by atoms with van der Waals surface area (Å²) in [5.74, 6) is -1.12. The molecule has 1 atom stereocenters. The number of carboxylic acid groups (broad SMARTS) is 1. The Morgan fingerprint density at radius 3 is 2.47 bits per heavy atom. The van der Waals surface area contributed by atoms with Crippen molar-refractivity contribution in [1.82, 2.24) is 10.2 Å². The van der Waals surface area contributed by atoms with Crippen LogP contribution in [0.25, 0.3) is 0 Å². The number of benzene rings is 1. The van der Waals surface area contributed by atoms with Gasteiger partial charge in [-0.3, -0.25) is 0 Å². The molecule has 19 heavy (non-hydrogen) atoms. The molecule has 3 N–H and O–H groups in total. The van der Waals surface area contributed by atoms with E-state index in [9.17, 15) is 9.59 Å². The Balaban J connectivity index is 2.70. The number of hydrogen-bond acceptors (Lipinski definition) is 3. The molecule has 0 aromatic heterocycles. The second-order valence-electron chi connectivity index (χ2n) is 4.13. The Morgan fingerprint density at radius 2 is 1.95 bits per heavy atom. The minimum Gasteiger partial charge on any atom is -0.479 e. The standard InChI is InChI=1S/C13H18N2O4/c1-15(8-5-9-16)13(19)14-11(12(17)18)10-6-3-2-4-7-10/h2-4,6-7,11,16H,5,8-9H2,1H3,(H,14,19)(H,17,18)/t11-/m0/s1. The third-order valence-corrected chi connectivity index (χ3v) is 2.65. The Morgan fingerprint density at radius 1 is 1.32 bits per heavy atom. The van der Waals surface area contributed by atoms with E-state index in [0.717, 1.165) is 0 Å². The van der Waals surface area contributed by atoms with E-state index in [2.05, 4.69) is 5.32 Å².